The highest BCUT2D eigenvalue weighted by molar-refractivity contribution is 8.26. The number of primary amides is 1. The maximum absolute atomic E-state index is 13.3. The third-order valence-corrected chi connectivity index (χ3v) is 7.72. The van der Waals surface area contributed by atoms with Crippen LogP contribution >= 0.6 is 24.0 Å². The molecule has 0 spiro atoms. The number of amides is 2. The Morgan fingerprint density at radius 3 is 2.60 bits per heavy atom. The maximum Gasteiger partial charge on any atom is 0.266 e. The van der Waals surface area contributed by atoms with Crippen molar-refractivity contribution in [3.63, 3.8) is 0 Å². The molecule has 2 amide bonds. The number of benzene rings is 2. The van der Waals surface area contributed by atoms with Crippen LogP contribution in [-0.2, 0) is 16.1 Å². The number of para-hydroxylation sites is 1. The monoisotopic (exact) mass is 506 g/mol. The molecule has 2 fully saturated rings. The van der Waals surface area contributed by atoms with E-state index in [1.807, 2.05) is 36.4 Å². The van der Waals surface area contributed by atoms with E-state index in [9.17, 15) is 14.0 Å². The predicted octanol–water partition coefficient (Wildman–Crippen LogP) is 4.48. The minimum absolute atomic E-state index is 0.127. The van der Waals surface area contributed by atoms with Gasteiger partial charge in [-0.25, -0.2) is 9.37 Å². The quantitative estimate of drug-likeness (QED) is 0.406. The first kappa shape index (κ1) is 23.4. The van der Waals surface area contributed by atoms with Gasteiger partial charge in [-0.1, -0.05) is 54.3 Å². The Bertz CT molecular complexity index is 1350. The summed E-state index contributed by atoms with van der Waals surface area (Å²) in [6.07, 6.45) is 3.19. The van der Waals surface area contributed by atoms with E-state index >= 15 is 0 Å². The molecule has 0 aliphatic carbocycles. The van der Waals surface area contributed by atoms with E-state index in [4.69, 9.17) is 22.9 Å². The molecular weight excluding hydrogens is 483 g/mol. The Kier molecular flexibility index (Phi) is 6.53. The average molecular weight is 507 g/mol. The summed E-state index contributed by atoms with van der Waals surface area (Å²) in [5, 5.41) is 0.969. The summed E-state index contributed by atoms with van der Waals surface area (Å²) in [7, 11) is 0. The molecule has 3 aromatic rings. The van der Waals surface area contributed by atoms with Crippen LogP contribution in [0.25, 0.3) is 17.0 Å². The average Bonchev–Trinajstić information content (AvgIpc) is 3.12. The molecule has 1 aromatic heterocycles. The molecular formula is C26H23FN4O2S2. The lowest BCUT2D eigenvalue weighted by Crippen LogP contribution is -2.39. The molecule has 5 rings (SSSR count). The lowest BCUT2D eigenvalue weighted by Gasteiger charge is -2.32. The van der Waals surface area contributed by atoms with Gasteiger partial charge in [-0.2, -0.15) is 0 Å². The Hall–Kier alpha value is -3.30. The Labute approximate surface area is 212 Å². The number of aromatic nitrogens is 1. The fraction of sp³-hybridized carbons (Fsp3) is 0.231. The van der Waals surface area contributed by atoms with E-state index < -0.39 is 0 Å². The topological polar surface area (TPSA) is 79.5 Å². The van der Waals surface area contributed by atoms with Gasteiger partial charge >= 0.3 is 0 Å². The largest absolute Gasteiger partial charge is 0.369 e. The number of fused-ring (bicyclic) bond motifs is 1. The van der Waals surface area contributed by atoms with Crippen LogP contribution in [0.5, 0.6) is 0 Å². The van der Waals surface area contributed by atoms with Gasteiger partial charge in [-0.15, -0.1) is 0 Å². The van der Waals surface area contributed by atoms with Crippen LogP contribution in [0.3, 0.4) is 0 Å². The Morgan fingerprint density at radius 1 is 1.17 bits per heavy atom. The first-order valence-electron chi connectivity index (χ1n) is 11.3. The number of carbonyl (C=O) groups excluding carboxylic acids is 2. The molecule has 0 atom stereocenters. The van der Waals surface area contributed by atoms with E-state index in [0.29, 0.717) is 35.2 Å². The third-order valence-electron chi connectivity index (χ3n) is 6.34. The van der Waals surface area contributed by atoms with Crippen molar-refractivity contribution in [2.75, 3.05) is 18.0 Å². The number of halogens is 1. The number of thiocarbonyl (C=S) groups is 1. The van der Waals surface area contributed by atoms with E-state index in [-0.39, 0.29) is 30.1 Å². The van der Waals surface area contributed by atoms with Crippen molar-refractivity contribution in [3.8, 4) is 0 Å². The standard InChI is InChI=1S/C26H23FN4O2S2/c27-20-7-5-16(6-8-20)15-31-25(33)22(35-26(31)34)14-19-13-18-3-1-2-4-21(18)29-24(19)30-11-9-17(10-12-30)23(28)32/h1-8,13-14,17H,9-12,15H2,(H2,28,32)/b22-14-. The maximum atomic E-state index is 13.3. The summed E-state index contributed by atoms with van der Waals surface area (Å²) >= 11 is 6.74. The smallest absolute Gasteiger partial charge is 0.266 e. The summed E-state index contributed by atoms with van der Waals surface area (Å²) in [6, 6.07) is 15.9. The molecule has 9 heteroatoms. The van der Waals surface area contributed by atoms with Crippen LogP contribution in [0.2, 0.25) is 0 Å². The zero-order valence-corrected chi connectivity index (χ0v) is 20.4. The number of nitrogens with zero attached hydrogens (tertiary/aromatic N) is 3. The lowest BCUT2D eigenvalue weighted by molar-refractivity contribution is -0.123. The molecule has 0 radical (unpaired) electrons. The zero-order chi connectivity index (χ0) is 24.5. The predicted molar refractivity (Wildman–Crippen MR) is 141 cm³/mol. The third kappa shape index (κ3) is 4.92. The van der Waals surface area contributed by atoms with Gasteiger partial charge in [0.2, 0.25) is 5.91 Å². The van der Waals surface area contributed by atoms with E-state index in [1.54, 1.807) is 12.1 Å². The molecule has 6 nitrogen and oxygen atoms in total. The van der Waals surface area contributed by atoms with Crippen molar-refractivity contribution in [1.82, 2.24) is 9.88 Å². The number of hydrogen-bond donors (Lipinski definition) is 1. The molecule has 2 aliphatic rings. The molecule has 0 bridgehead atoms. The highest BCUT2D eigenvalue weighted by Gasteiger charge is 2.33. The molecule has 3 heterocycles. The van der Waals surface area contributed by atoms with Gasteiger partial charge in [0.15, 0.2) is 0 Å². The summed E-state index contributed by atoms with van der Waals surface area (Å²) in [4.78, 5) is 34.0. The number of pyridine rings is 1. The second-order valence-electron chi connectivity index (χ2n) is 8.65. The van der Waals surface area contributed by atoms with Crippen molar-refractivity contribution >= 4 is 62.9 Å². The number of nitrogens with two attached hydrogens (primary N) is 1. The first-order chi connectivity index (χ1) is 16.9. The van der Waals surface area contributed by atoms with Crippen LogP contribution < -0.4 is 10.6 Å². The Balaban J connectivity index is 1.46. The van der Waals surface area contributed by atoms with Crippen LogP contribution in [0.15, 0.2) is 59.5 Å². The van der Waals surface area contributed by atoms with Gasteiger partial charge in [0, 0.05) is 30.0 Å². The van der Waals surface area contributed by atoms with Crippen LogP contribution in [0, 0.1) is 11.7 Å². The number of anilines is 1. The highest BCUT2D eigenvalue weighted by atomic mass is 32.2. The molecule has 35 heavy (non-hydrogen) atoms. The molecule has 178 valence electrons. The second-order valence-corrected chi connectivity index (χ2v) is 10.3. The second kappa shape index (κ2) is 9.75. The summed E-state index contributed by atoms with van der Waals surface area (Å²) in [6.45, 7) is 1.60. The van der Waals surface area contributed by atoms with Gasteiger partial charge in [-0.05, 0) is 48.7 Å². The zero-order valence-electron chi connectivity index (χ0n) is 18.8. The van der Waals surface area contributed by atoms with Crippen LogP contribution in [0.1, 0.15) is 24.0 Å². The van der Waals surface area contributed by atoms with E-state index in [1.165, 1.54) is 28.8 Å². The molecule has 2 saturated heterocycles. The molecule has 2 aliphatic heterocycles. The van der Waals surface area contributed by atoms with Crippen molar-refractivity contribution in [1.29, 1.82) is 0 Å². The number of carbonyl (C=O) groups is 2. The summed E-state index contributed by atoms with van der Waals surface area (Å²) in [5.74, 6) is -0.124. The van der Waals surface area contributed by atoms with Crippen LogP contribution in [-0.4, -0.2) is 39.1 Å². The van der Waals surface area contributed by atoms with E-state index in [2.05, 4.69) is 4.90 Å². The van der Waals surface area contributed by atoms with E-state index in [0.717, 1.165) is 27.8 Å². The number of hydrogen-bond acceptors (Lipinski definition) is 6. The van der Waals surface area contributed by atoms with Gasteiger partial charge in [0.05, 0.1) is 17.0 Å². The fourth-order valence-corrected chi connectivity index (χ4v) is 5.65. The van der Waals surface area contributed by atoms with Crippen LogP contribution in [0.4, 0.5) is 10.2 Å². The normalized spacial score (nSPS) is 18.1. The number of rotatable bonds is 5. The van der Waals surface area contributed by atoms with Gasteiger partial charge < -0.3 is 10.6 Å². The van der Waals surface area contributed by atoms with Crippen molar-refractivity contribution in [2.24, 2.45) is 11.7 Å². The molecule has 0 unspecified atom stereocenters. The van der Waals surface area contributed by atoms with Crippen molar-refractivity contribution in [2.45, 2.75) is 19.4 Å². The lowest BCUT2D eigenvalue weighted by atomic mass is 9.96. The van der Waals surface area contributed by atoms with Gasteiger partial charge in [0.25, 0.3) is 5.91 Å². The molecule has 2 aromatic carbocycles. The number of piperidine rings is 1. The minimum Gasteiger partial charge on any atom is -0.369 e. The molecule has 2 N–H and O–H groups in total. The summed E-state index contributed by atoms with van der Waals surface area (Å²) < 4.78 is 13.7. The first-order valence-corrected chi connectivity index (χ1v) is 12.6. The molecule has 0 saturated carbocycles. The highest BCUT2D eigenvalue weighted by Crippen LogP contribution is 2.36. The van der Waals surface area contributed by atoms with Crippen molar-refractivity contribution < 1.29 is 14.0 Å². The fourth-order valence-electron chi connectivity index (χ4n) is 4.41. The minimum atomic E-state index is -0.324. The Morgan fingerprint density at radius 2 is 1.89 bits per heavy atom. The number of thioether (sulfide) groups is 1. The SMILES string of the molecule is NC(=O)C1CCN(c2nc3ccccc3cc2/C=C2\SC(=S)N(Cc3ccc(F)cc3)C2=O)CC1. The van der Waals surface area contributed by atoms with Crippen molar-refractivity contribution in [3.05, 3.63) is 76.4 Å². The van der Waals surface area contributed by atoms with Gasteiger partial charge in [-0.3, -0.25) is 14.5 Å². The van der Waals surface area contributed by atoms with Gasteiger partial charge in [0.1, 0.15) is 16.0 Å². The summed E-state index contributed by atoms with van der Waals surface area (Å²) in [5.41, 5.74) is 7.99.